The largest absolute Gasteiger partial charge is 0.478 e. The minimum Gasteiger partial charge on any atom is -0.478 e. The molecule has 9 heteroatoms. The predicted octanol–water partition coefficient (Wildman–Crippen LogP) is 0.545. The molecule has 0 radical (unpaired) electrons. The van der Waals surface area contributed by atoms with Crippen LogP contribution in [0, 0.1) is 0 Å². The molecule has 0 amide bonds. The number of H-pyrrole nitrogens is 2. The van der Waals surface area contributed by atoms with E-state index in [0.29, 0.717) is 0 Å². The van der Waals surface area contributed by atoms with E-state index in [1.807, 2.05) is 4.57 Å². The van der Waals surface area contributed by atoms with E-state index in [9.17, 15) is 4.79 Å². The van der Waals surface area contributed by atoms with Crippen LogP contribution in [-0.2, 0) is 0 Å². The van der Waals surface area contributed by atoms with Crippen molar-refractivity contribution in [2.24, 2.45) is 0 Å². The van der Waals surface area contributed by atoms with E-state index in [4.69, 9.17) is 5.11 Å². The molecule has 0 bridgehead atoms. The van der Waals surface area contributed by atoms with Crippen molar-refractivity contribution in [3.8, 4) is 0 Å². The Labute approximate surface area is 118 Å². The molecule has 3 aromatic heterocycles. The highest BCUT2D eigenvalue weighted by molar-refractivity contribution is 5.87. The lowest BCUT2D eigenvalue weighted by Crippen LogP contribution is -1.96. The molecular formula is C12H11N7O2. The van der Waals surface area contributed by atoms with Gasteiger partial charge < -0.3 is 9.67 Å². The zero-order valence-electron chi connectivity index (χ0n) is 10.7. The number of hydrogen-bond acceptors (Lipinski definition) is 5. The van der Waals surface area contributed by atoms with Crippen molar-refractivity contribution in [3.63, 3.8) is 0 Å². The van der Waals surface area contributed by atoms with Crippen LogP contribution in [0.4, 0.5) is 0 Å². The van der Waals surface area contributed by atoms with Gasteiger partial charge in [0, 0.05) is 24.2 Å². The first-order valence-electron chi connectivity index (χ1n) is 6.38. The highest BCUT2D eigenvalue weighted by Gasteiger charge is 2.55. The SMILES string of the molecule is O=C(O)c1ccn(C2C(c3cn[nH]n3)C2c2cn[nH]n2)c1. The maximum absolute atomic E-state index is 11.0. The summed E-state index contributed by atoms with van der Waals surface area (Å²) in [6, 6.07) is 1.65. The van der Waals surface area contributed by atoms with Gasteiger partial charge in [-0.25, -0.2) is 4.79 Å². The molecule has 1 aliphatic carbocycles. The second-order valence-corrected chi connectivity index (χ2v) is 4.98. The standard InChI is InChI=1S/C12H11N7O2/c20-12(21)6-1-2-19(5-6)11-9(7-3-13-17-15-7)10(11)8-4-14-18-16-8/h1-5,9-11H,(H,20,21)(H,13,15,17)(H,14,16,18). The molecule has 21 heavy (non-hydrogen) atoms. The van der Waals surface area contributed by atoms with E-state index < -0.39 is 5.97 Å². The number of nitrogens with one attached hydrogen (secondary N) is 2. The van der Waals surface area contributed by atoms with Gasteiger partial charge in [0.25, 0.3) is 0 Å². The number of aromatic nitrogens is 7. The summed E-state index contributed by atoms with van der Waals surface area (Å²) in [6.07, 6.45) is 6.75. The molecule has 106 valence electrons. The molecule has 9 nitrogen and oxygen atoms in total. The molecule has 0 aromatic carbocycles. The average molecular weight is 285 g/mol. The number of carboxylic acids is 1. The third-order valence-electron chi connectivity index (χ3n) is 3.84. The Kier molecular flexibility index (Phi) is 2.40. The normalized spacial score (nSPS) is 24.1. The third kappa shape index (κ3) is 1.82. The Morgan fingerprint density at radius 1 is 1.14 bits per heavy atom. The van der Waals surface area contributed by atoms with Crippen molar-refractivity contribution < 1.29 is 9.90 Å². The van der Waals surface area contributed by atoms with Crippen molar-refractivity contribution in [3.05, 3.63) is 47.8 Å². The summed E-state index contributed by atoms with van der Waals surface area (Å²) in [5.41, 5.74) is 1.93. The summed E-state index contributed by atoms with van der Waals surface area (Å²) in [5, 5.41) is 30.2. The van der Waals surface area contributed by atoms with Gasteiger partial charge in [0.2, 0.25) is 0 Å². The molecule has 0 aliphatic heterocycles. The molecule has 1 fully saturated rings. The monoisotopic (exact) mass is 285 g/mol. The Morgan fingerprint density at radius 3 is 2.19 bits per heavy atom. The van der Waals surface area contributed by atoms with Crippen LogP contribution in [0.25, 0.3) is 0 Å². The smallest absolute Gasteiger partial charge is 0.337 e. The maximum atomic E-state index is 11.0. The van der Waals surface area contributed by atoms with E-state index in [1.54, 1.807) is 30.9 Å². The fourth-order valence-electron chi connectivity index (χ4n) is 2.85. The first kappa shape index (κ1) is 11.8. The third-order valence-corrected chi connectivity index (χ3v) is 3.84. The first-order chi connectivity index (χ1) is 10.3. The zero-order valence-corrected chi connectivity index (χ0v) is 10.7. The van der Waals surface area contributed by atoms with Gasteiger partial charge in [-0.2, -0.15) is 30.8 Å². The van der Waals surface area contributed by atoms with Crippen LogP contribution in [0.3, 0.4) is 0 Å². The predicted molar refractivity (Wildman–Crippen MR) is 68.7 cm³/mol. The van der Waals surface area contributed by atoms with Crippen LogP contribution in [-0.4, -0.2) is 46.5 Å². The fraction of sp³-hybridized carbons (Fsp3) is 0.250. The zero-order chi connectivity index (χ0) is 14.4. The molecule has 3 N–H and O–H groups in total. The van der Waals surface area contributed by atoms with Crippen LogP contribution >= 0.6 is 0 Å². The second kappa shape index (κ2) is 4.27. The van der Waals surface area contributed by atoms with Gasteiger partial charge in [-0.15, -0.1) is 0 Å². The van der Waals surface area contributed by atoms with Crippen molar-refractivity contribution in [1.82, 2.24) is 35.4 Å². The molecule has 1 saturated carbocycles. The number of carbonyl (C=O) groups is 1. The van der Waals surface area contributed by atoms with Gasteiger partial charge in [0.05, 0.1) is 35.4 Å². The number of hydrogen-bond donors (Lipinski definition) is 3. The summed E-state index contributed by atoms with van der Waals surface area (Å²) in [6.45, 7) is 0. The Bertz CT molecular complexity index is 721. The van der Waals surface area contributed by atoms with Gasteiger partial charge in [-0.05, 0) is 6.07 Å². The Morgan fingerprint density at radius 2 is 1.76 bits per heavy atom. The summed E-state index contributed by atoms with van der Waals surface area (Å²) in [5.74, 6) is -0.740. The average Bonchev–Trinajstić information content (AvgIpc) is 3.05. The van der Waals surface area contributed by atoms with E-state index in [1.165, 1.54) is 0 Å². The number of nitrogens with zero attached hydrogens (tertiary/aromatic N) is 5. The van der Waals surface area contributed by atoms with Crippen molar-refractivity contribution >= 4 is 5.97 Å². The quantitative estimate of drug-likeness (QED) is 0.642. The topological polar surface area (TPSA) is 125 Å². The van der Waals surface area contributed by atoms with Crippen molar-refractivity contribution in [2.75, 3.05) is 0 Å². The summed E-state index contributed by atoms with van der Waals surface area (Å²) < 4.78 is 1.89. The molecule has 0 saturated heterocycles. The van der Waals surface area contributed by atoms with Gasteiger partial charge in [0.1, 0.15) is 0 Å². The molecule has 0 spiro atoms. The molecule has 4 rings (SSSR count). The fourth-order valence-corrected chi connectivity index (χ4v) is 2.85. The number of aromatic carboxylic acids is 1. The molecule has 2 atom stereocenters. The lowest BCUT2D eigenvalue weighted by molar-refractivity contribution is 0.0697. The minimum absolute atomic E-state index is 0.0632. The van der Waals surface area contributed by atoms with Crippen molar-refractivity contribution in [2.45, 2.75) is 17.9 Å². The van der Waals surface area contributed by atoms with Gasteiger partial charge in [-0.1, -0.05) is 0 Å². The van der Waals surface area contributed by atoms with Gasteiger partial charge in [-0.3, -0.25) is 0 Å². The summed E-state index contributed by atoms with van der Waals surface area (Å²) in [7, 11) is 0. The summed E-state index contributed by atoms with van der Waals surface area (Å²) >= 11 is 0. The van der Waals surface area contributed by atoms with E-state index in [2.05, 4.69) is 30.8 Å². The van der Waals surface area contributed by atoms with Gasteiger partial charge in [0.15, 0.2) is 0 Å². The van der Waals surface area contributed by atoms with Crippen LogP contribution in [0.5, 0.6) is 0 Å². The number of aromatic amines is 2. The molecule has 1 aliphatic rings. The maximum Gasteiger partial charge on any atom is 0.337 e. The molecule has 3 aromatic rings. The van der Waals surface area contributed by atoms with Crippen LogP contribution < -0.4 is 0 Å². The van der Waals surface area contributed by atoms with Crippen molar-refractivity contribution in [1.29, 1.82) is 0 Å². The van der Waals surface area contributed by atoms with Gasteiger partial charge >= 0.3 is 5.97 Å². The Hall–Kier alpha value is -2.97. The van der Waals surface area contributed by atoms with Crippen LogP contribution in [0.2, 0.25) is 0 Å². The van der Waals surface area contributed by atoms with E-state index in [0.717, 1.165) is 11.4 Å². The molecular weight excluding hydrogens is 274 g/mol. The highest BCUT2D eigenvalue weighted by atomic mass is 16.4. The Balaban J connectivity index is 1.70. The second-order valence-electron chi connectivity index (χ2n) is 4.98. The van der Waals surface area contributed by atoms with Crippen LogP contribution in [0.1, 0.15) is 39.6 Å². The van der Waals surface area contributed by atoms with Crippen LogP contribution in [0.15, 0.2) is 30.9 Å². The lowest BCUT2D eigenvalue weighted by Gasteiger charge is -1.99. The molecule has 3 heterocycles. The van der Waals surface area contributed by atoms with E-state index >= 15 is 0 Å². The minimum atomic E-state index is -0.939. The summed E-state index contributed by atoms with van der Waals surface area (Å²) in [4.78, 5) is 11.0. The lowest BCUT2D eigenvalue weighted by atomic mass is 10.2. The first-order valence-corrected chi connectivity index (χ1v) is 6.38. The highest BCUT2D eigenvalue weighted by Crippen LogP contribution is 2.62. The number of rotatable bonds is 4. The number of carboxylic acid groups (broad SMARTS) is 1. The molecule has 2 unspecified atom stereocenters. The van der Waals surface area contributed by atoms with E-state index in [-0.39, 0.29) is 23.4 Å².